The van der Waals surface area contributed by atoms with Gasteiger partial charge in [-0.1, -0.05) is 41.5 Å². The maximum absolute atomic E-state index is 11.9. The SMILES string of the molecule is CCC1=C(C)C2=NC1=CC1=C(C)C3=C(O)CC(=C4NC(=C(c5cc[n+](C)cc5)C5=NC(=C2)C(CC)=C5C)[C@@H](C)[C@@H]4CCC(=O)O)C3=N1.CCC1=C(C)C2=NC1=CC1=C(C)C3=C(O)CC(=C4NC(=C(c5cc[n+](C)cc5)C5=NC(=C2)C(CC)=C5C)[C@@H](C)[C@@H]4CCC(=O)O)C3=N1.[Cl-].[I-]. The minimum atomic E-state index is -0.821. The van der Waals surface area contributed by atoms with Gasteiger partial charge in [0.1, 0.15) is 25.6 Å². The Morgan fingerprint density at radius 2 is 0.802 bits per heavy atom. The summed E-state index contributed by atoms with van der Waals surface area (Å²) in [6, 6.07) is 8.48. The number of carboxylic acid groups (broad SMARTS) is 2. The summed E-state index contributed by atoms with van der Waals surface area (Å²) >= 11 is 0. The number of nitrogens with zero attached hydrogens (tertiary/aromatic N) is 8. The topological polar surface area (TPSA) is 221 Å². The molecule has 496 valence electrons. The van der Waals surface area contributed by atoms with Crippen molar-refractivity contribution in [3.63, 3.8) is 0 Å². The van der Waals surface area contributed by atoms with Crippen molar-refractivity contribution in [2.75, 3.05) is 0 Å². The molecule has 10 aliphatic heterocycles. The molecule has 0 amide bonds. The number of carboxylic acids is 2. The second-order valence-electron chi connectivity index (χ2n) is 26.6. The van der Waals surface area contributed by atoms with E-state index in [0.717, 1.165) is 195 Å². The number of pyridine rings is 2. The standard InChI is InChI=1S/2C39H41N5O3.ClH.HI/c2*1-8-24-19(3)28-17-31-25(9-2)20(4)36(42-31)35(23-12-14-44(7)15-13-23)37-21(5)26(10-11-33(46)47)38(43-37)27-16-32(45)34-22(6)29(41-39(27)34)18-30(24)40-28;;/h2*12-15,17-18,21,26H,8-11,16H2,1-7H3,(H2,40,41,42,45,46,47);2*1H/t2*21-,26-;;/m00../s1. The van der Waals surface area contributed by atoms with E-state index in [0.29, 0.717) is 37.2 Å². The van der Waals surface area contributed by atoms with Crippen LogP contribution in [0.1, 0.15) is 158 Å². The molecule has 14 rings (SSSR count). The molecule has 0 unspecified atom stereocenters. The second kappa shape index (κ2) is 26.7. The number of aromatic nitrogens is 2. The summed E-state index contributed by atoms with van der Waals surface area (Å²) in [5, 5.41) is 50.0. The van der Waals surface area contributed by atoms with Gasteiger partial charge in [-0.25, -0.2) is 39.1 Å². The average molecular weight is 1420 g/mol. The monoisotopic (exact) mass is 1420 g/mol. The zero-order valence-corrected chi connectivity index (χ0v) is 60.2. The Balaban J connectivity index is 0.000000191. The van der Waals surface area contributed by atoms with Crippen LogP contribution in [-0.2, 0) is 23.7 Å². The van der Waals surface area contributed by atoms with E-state index in [1.807, 2.05) is 61.9 Å². The first-order chi connectivity index (χ1) is 45.0. The van der Waals surface area contributed by atoms with Gasteiger partial charge in [-0.15, -0.1) is 0 Å². The first-order valence-corrected chi connectivity index (χ1v) is 33.4. The maximum Gasteiger partial charge on any atom is 0.303 e. The van der Waals surface area contributed by atoms with E-state index in [4.69, 9.17) is 30.0 Å². The van der Waals surface area contributed by atoms with E-state index in [2.05, 4.69) is 128 Å². The predicted octanol–water partition coefficient (Wildman–Crippen LogP) is 8.58. The molecule has 0 saturated carbocycles. The number of aryl methyl sites for hydroxylation is 2. The van der Waals surface area contributed by atoms with Crippen LogP contribution in [0.15, 0.2) is 250 Å². The number of nitrogens with one attached hydrogen (secondary N) is 2. The molecule has 96 heavy (non-hydrogen) atoms. The Morgan fingerprint density at radius 3 is 1.14 bits per heavy atom. The summed E-state index contributed by atoms with van der Waals surface area (Å²) in [6.07, 6.45) is 21.6. The molecular weight excluding hydrogens is 1340 g/mol. The molecule has 0 radical (unpaired) electrons. The minimum absolute atomic E-state index is 0. The van der Waals surface area contributed by atoms with Crippen molar-refractivity contribution in [3.8, 4) is 0 Å². The highest BCUT2D eigenvalue weighted by molar-refractivity contribution is 6.35. The average Bonchev–Trinajstić information content (AvgIpc) is 1.58. The van der Waals surface area contributed by atoms with Crippen LogP contribution in [-0.4, -0.2) is 66.6 Å². The van der Waals surface area contributed by atoms with Crippen LogP contribution in [0.3, 0.4) is 0 Å². The molecule has 2 aromatic heterocycles. The summed E-state index contributed by atoms with van der Waals surface area (Å²) in [5.41, 5.74) is 33.1. The predicted molar refractivity (Wildman–Crippen MR) is 371 cm³/mol. The van der Waals surface area contributed by atoms with Crippen LogP contribution in [0.4, 0.5) is 0 Å². The molecule has 16 nitrogen and oxygen atoms in total. The van der Waals surface area contributed by atoms with E-state index >= 15 is 0 Å². The summed E-state index contributed by atoms with van der Waals surface area (Å²) in [5.74, 6) is -1.32. The number of aliphatic hydroxyl groups excluding tert-OH is 2. The van der Waals surface area contributed by atoms with E-state index in [9.17, 15) is 30.0 Å². The van der Waals surface area contributed by atoms with Crippen LogP contribution >= 0.6 is 0 Å². The van der Waals surface area contributed by atoms with Gasteiger partial charge in [0, 0.05) is 130 Å². The van der Waals surface area contributed by atoms with Crippen LogP contribution < -0.4 is 56.2 Å². The Morgan fingerprint density at radius 1 is 0.469 bits per heavy atom. The third-order valence-corrected chi connectivity index (χ3v) is 21.2. The minimum Gasteiger partial charge on any atom is -1.00 e. The quantitative estimate of drug-likeness (QED) is 0.0891. The van der Waals surface area contributed by atoms with Gasteiger partial charge in [0.15, 0.2) is 24.8 Å². The zero-order valence-electron chi connectivity index (χ0n) is 57.2. The highest BCUT2D eigenvalue weighted by Crippen LogP contribution is 2.51. The number of aliphatic carboxylic acids is 2. The van der Waals surface area contributed by atoms with Crippen molar-refractivity contribution in [1.29, 1.82) is 0 Å². The van der Waals surface area contributed by atoms with E-state index in [1.54, 1.807) is 0 Å². The van der Waals surface area contributed by atoms with Crippen LogP contribution in [0, 0.1) is 23.7 Å². The molecule has 12 heterocycles. The molecule has 6 N–H and O–H groups in total. The number of fused-ring (bicyclic) bond motifs is 10. The fraction of sp³-hybridized carbons (Fsp3) is 0.359. The smallest absolute Gasteiger partial charge is 0.303 e. The molecule has 18 heteroatoms. The lowest BCUT2D eigenvalue weighted by Crippen LogP contribution is -3.00. The summed E-state index contributed by atoms with van der Waals surface area (Å²) in [7, 11) is 4.01. The van der Waals surface area contributed by atoms with Gasteiger partial charge in [0.2, 0.25) is 0 Å². The number of aliphatic imine (C=N–C) groups is 6. The summed E-state index contributed by atoms with van der Waals surface area (Å²) < 4.78 is 4.04. The fourth-order valence-electron chi connectivity index (χ4n) is 16.0. The van der Waals surface area contributed by atoms with Crippen molar-refractivity contribution in [2.24, 2.45) is 67.7 Å². The van der Waals surface area contributed by atoms with Crippen molar-refractivity contribution in [2.45, 2.75) is 147 Å². The largest absolute Gasteiger partial charge is 1.00 e. The van der Waals surface area contributed by atoms with Gasteiger partial charge in [0.25, 0.3) is 0 Å². The third kappa shape index (κ3) is 11.5. The molecule has 0 aromatic carbocycles. The van der Waals surface area contributed by atoms with Gasteiger partial charge in [-0.3, -0.25) is 9.59 Å². The fourth-order valence-corrected chi connectivity index (χ4v) is 16.0. The van der Waals surface area contributed by atoms with Crippen LogP contribution in [0.2, 0.25) is 0 Å². The first kappa shape index (κ1) is 68.7. The van der Waals surface area contributed by atoms with E-state index in [1.165, 1.54) is 22.3 Å². The van der Waals surface area contributed by atoms with Crippen molar-refractivity contribution >= 4 is 57.4 Å². The number of allylic oxidation sites excluding steroid dienone is 24. The molecule has 4 atom stereocenters. The number of halogens is 2. The van der Waals surface area contributed by atoms with Gasteiger partial charge >= 0.3 is 11.9 Å². The van der Waals surface area contributed by atoms with Crippen molar-refractivity contribution < 1.29 is 75.5 Å². The maximum atomic E-state index is 11.9. The van der Waals surface area contributed by atoms with Gasteiger partial charge in [-0.05, 0) is 171 Å². The van der Waals surface area contributed by atoms with Crippen molar-refractivity contribution in [1.82, 2.24) is 10.6 Å². The number of carbonyl (C=O) groups is 2. The van der Waals surface area contributed by atoms with E-state index in [-0.39, 0.29) is 72.9 Å². The van der Waals surface area contributed by atoms with Gasteiger partial charge in [0.05, 0.1) is 68.5 Å². The third-order valence-electron chi connectivity index (χ3n) is 21.2. The Hall–Kier alpha value is -8.68. The molecule has 16 bridgehead atoms. The Bertz CT molecular complexity index is 4340. The highest BCUT2D eigenvalue weighted by atomic mass is 127. The lowest BCUT2D eigenvalue weighted by atomic mass is 9.83. The number of rotatable bonds is 12. The lowest BCUT2D eigenvalue weighted by molar-refractivity contribution is -0.671. The molecule has 12 aliphatic rings. The number of hydrogen-bond donors (Lipinski definition) is 6. The summed E-state index contributed by atoms with van der Waals surface area (Å²) in [4.78, 5) is 55.2. The normalized spacial score (nSPS) is 23.1. The summed E-state index contributed by atoms with van der Waals surface area (Å²) in [6.45, 7) is 25.6. The second-order valence-corrected chi connectivity index (χ2v) is 26.6. The zero-order chi connectivity index (χ0) is 66.6. The van der Waals surface area contributed by atoms with E-state index < -0.39 is 11.9 Å². The lowest BCUT2D eigenvalue weighted by Gasteiger charge is -2.18. The van der Waals surface area contributed by atoms with Gasteiger partial charge in [-0.2, -0.15) is 0 Å². The molecule has 2 aliphatic carbocycles. The highest BCUT2D eigenvalue weighted by Gasteiger charge is 2.46. The molecule has 2 fully saturated rings. The Labute approximate surface area is 585 Å². The Kier molecular flexibility index (Phi) is 19.1. The van der Waals surface area contributed by atoms with Gasteiger partial charge < -0.3 is 67.4 Å². The molecular formula is C78H84ClIN10O6. The molecule has 0 spiro atoms. The first-order valence-electron chi connectivity index (χ1n) is 33.4. The van der Waals surface area contributed by atoms with Crippen LogP contribution in [0.5, 0.6) is 0 Å². The van der Waals surface area contributed by atoms with Crippen LogP contribution in [0.25, 0.3) is 11.1 Å². The van der Waals surface area contributed by atoms with Crippen molar-refractivity contribution in [3.05, 3.63) is 231 Å². The number of hydrogen-bond acceptors (Lipinski definition) is 12. The molecule has 2 saturated heterocycles. The number of aliphatic hydroxyl groups is 2. The molecule has 2 aromatic rings.